The summed E-state index contributed by atoms with van der Waals surface area (Å²) in [5, 5.41) is 22.3. The Kier molecular flexibility index (Phi) is 9.14. The predicted octanol–water partition coefficient (Wildman–Crippen LogP) is 5.43. The molecule has 168 valence electrons. The van der Waals surface area contributed by atoms with Crippen LogP contribution >= 0.6 is 0 Å². The van der Waals surface area contributed by atoms with Crippen LogP contribution in [0.5, 0.6) is 5.75 Å². The highest BCUT2D eigenvalue weighted by atomic mass is 16.5. The molecule has 2 N–H and O–H groups in total. The van der Waals surface area contributed by atoms with Crippen molar-refractivity contribution in [2.45, 2.75) is 77.6 Å². The van der Waals surface area contributed by atoms with Crippen molar-refractivity contribution in [2.24, 2.45) is 11.3 Å². The number of aliphatic hydroxyl groups excluding tert-OH is 1. The zero-order chi connectivity index (χ0) is 22.2. The second-order valence-corrected chi connectivity index (χ2v) is 9.11. The van der Waals surface area contributed by atoms with Gasteiger partial charge in [-0.1, -0.05) is 43.7 Å². The van der Waals surface area contributed by atoms with Gasteiger partial charge in [0.1, 0.15) is 11.4 Å². The highest BCUT2D eigenvalue weighted by Crippen LogP contribution is 2.53. The molecule has 2 rings (SSSR count). The van der Waals surface area contributed by atoms with E-state index < -0.39 is 17.1 Å². The predicted molar refractivity (Wildman–Crippen MR) is 123 cm³/mol. The number of hydrogen-bond donors (Lipinski definition) is 2. The van der Waals surface area contributed by atoms with Gasteiger partial charge in [0.2, 0.25) is 0 Å². The monoisotopic (exact) mass is 416 g/mol. The smallest absolute Gasteiger partial charge is 0.119 e. The standard InChI is InChI=1S/C26H40O4/c1-6-7-8-9-10-20(2)15-16-25(4)21(3)17-24(27)26(25,28)19-30-18-22-11-13-23(29-5)14-12-22/h6,10-14,21,24,27-28H,1,7-9,15-19H2,2-5H3/t21-,24-,25+,26-/m1/s1. The van der Waals surface area contributed by atoms with Crippen molar-refractivity contribution < 1.29 is 19.7 Å². The minimum absolute atomic E-state index is 0.128. The van der Waals surface area contributed by atoms with Crippen LogP contribution in [-0.4, -0.2) is 35.6 Å². The maximum absolute atomic E-state index is 11.5. The maximum atomic E-state index is 11.5. The van der Waals surface area contributed by atoms with Crippen LogP contribution < -0.4 is 4.74 Å². The quantitative estimate of drug-likeness (QED) is 0.352. The van der Waals surface area contributed by atoms with Crippen molar-refractivity contribution in [3.63, 3.8) is 0 Å². The molecular weight excluding hydrogens is 376 g/mol. The molecule has 4 atom stereocenters. The molecule has 0 spiro atoms. The van der Waals surface area contributed by atoms with E-state index in [0.29, 0.717) is 13.0 Å². The fraction of sp³-hybridized carbons (Fsp3) is 0.615. The first-order chi connectivity index (χ1) is 14.3. The Hall–Kier alpha value is -1.62. The molecular formula is C26H40O4. The molecule has 1 aromatic carbocycles. The van der Waals surface area contributed by atoms with Gasteiger partial charge in [0.15, 0.2) is 0 Å². The van der Waals surface area contributed by atoms with Crippen molar-refractivity contribution in [3.8, 4) is 5.75 Å². The summed E-state index contributed by atoms with van der Waals surface area (Å²) in [6.45, 7) is 10.7. The first-order valence-corrected chi connectivity index (χ1v) is 11.1. The number of aliphatic hydroxyl groups is 2. The van der Waals surface area contributed by atoms with Gasteiger partial charge < -0.3 is 19.7 Å². The number of benzene rings is 1. The third-order valence-corrected chi connectivity index (χ3v) is 7.10. The molecule has 1 fully saturated rings. The summed E-state index contributed by atoms with van der Waals surface area (Å²) in [5.74, 6) is 1.02. The number of hydrogen-bond acceptors (Lipinski definition) is 4. The number of methoxy groups -OCH3 is 1. The average molecular weight is 417 g/mol. The van der Waals surface area contributed by atoms with Crippen molar-refractivity contribution >= 4 is 0 Å². The second-order valence-electron chi connectivity index (χ2n) is 9.11. The largest absolute Gasteiger partial charge is 0.497 e. The fourth-order valence-corrected chi connectivity index (χ4v) is 4.54. The molecule has 1 aliphatic rings. The molecule has 0 aromatic heterocycles. The molecule has 0 unspecified atom stereocenters. The molecule has 0 radical (unpaired) electrons. The molecule has 30 heavy (non-hydrogen) atoms. The summed E-state index contributed by atoms with van der Waals surface area (Å²) in [7, 11) is 1.64. The zero-order valence-electron chi connectivity index (χ0n) is 19.2. The van der Waals surface area contributed by atoms with Gasteiger partial charge in [0.25, 0.3) is 0 Å². The topological polar surface area (TPSA) is 58.9 Å². The van der Waals surface area contributed by atoms with Crippen LogP contribution in [0, 0.1) is 11.3 Å². The van der Waals surface area contributed by atoms with Gasteiger partial charge in [-0.25, -0.2) is 0 Å². The summed E-state index contributed by atoms with van der Waals surface area (Å²) < 4.78 is 11.1. The van der Waals surface area contributed by atoms with Gasteiger partial charge in [-0.2, -0.15) is 0 Å². The molecule has 4 heteroatoms. The summed E-state index contributed by atoms with van der Waals surface area (Å²) in [4.78, 5) is 0. The van der Waals surface area contributed by atoms with Crippen LogP contribution in [0.1, 0.15) is 64.9 Å². The van der Waals surface area contributed by atoms with Crippen molar-refractivity contribution in [1.29, 1.82) is 0 Å². The minimum atomic E-state index is -1.25. The van der Waals surface area contributed by atoms with E-state index in [-0.39, 0.29) is 12.5 Å². The molecule has 0 saturated heterocycles. The first-order valence-electron chi connectivity index (χ1n) is 11.1. The maximum Gasteiger partial charge on any atom is 0.119 e. The van der Waals surface area contributed by atoms with E-state index in [2.05, 4.69) is 33.4 Å². The number of ether oxygens (including phenoxy) is 2. The molecule has 0 aliphatic heterocycles. The molecule has 1 aliphatic carbocycles. The Labute approximate surface area is 182 Å². The van der Waals surface area contributed by atoms with Crippen molar-refractivity contribution in [3.05, 3.63) is 54.1 Å². The van der Waals surface area contributed by atoms with Crippen LogP contribution in [0.15, 0.2) is 48.6 Å². The van der Waals surface area contributed by atoms with Gasteiger partial charge in [-0.05, 0) is 69.1 Å². The molecule has 1 saturated carbocycles. The van der Waals surface area contributed by atoms with Crippen LogP contribution in [-0.2, 0) is 11.3 Å². The lowest BCUT2D eigenvalue weighted by Gasteiger charge is -2.43. The Balaban J connectivity index is 1.98. The zero-order valence-corrected chi connectivity index (χ0v) is 19.2. The Bertz CT molecular complexity index is 695. The first kappa shape index (κ1) is 24.6. The van der Waals surface area contributed by atoms with E-state index in [1.807, 2.05) is 30.3 Å². The lowest BCUT2D eigenvalue weighted by atomic mass is 9.68. The van der Waals surface area contributed by atoms with Gasteiger partial charge in [0.05, 0.1) is 26.4 Å². The summed E-state index contributed by atoms with van der Waals surface area (Å²) in [6.07, 6.45) is 9.04. The molecule has 4 nitrogen and oxygen atoms in total. The number of rotatable bonds is 12. The van der Waals surface area contributed by atoms with Gasteiger partial charge in [0, 0.05) is 5.41 Å². The molecule has 1 aromatic rings. The second kappa shape index (κ2) is 11.1. The number of allylic oxidation sites excluding steroid dienone is 3. The van der Waals surface area contributed by atoms with Crippen LogP contribution in [0.3, 0.4) is 0 Å². The highest BCUT2D eigenvalue weighted by molar-refractivity contribution is 5.26. The Morgan fingerprint density at radius 3 is 2.60 bits per heavy atom. The van der Waals surface area contributed by atoms with Gasteiger partial charge in [-0.15, -0.1) is 6.58 Å². The SMILES string of the molecule is C=CCCCC=C(C)CC[C@@]1(C)[C@H](C)C[C@@H](O)[C@]1(O)COCc1ccc(OC)cc1. The number of unbranched alkanes of at least 4 members (excludes halogenated alkanes) is 2. The van der Waals surface area contributed by atoms with Crippen molar-refractivity contribution in [2.75, 3.05) is 13.7 Å². The van der Waals surface area contributed by atoms with E-state index in [4.69, 9.17) is 9.47 Å². The minimum Gasteiger partial charge on any atom is -0.497 e. The summed E-state index contributed by atoms with van der Waals surface area (Å²) in [5.41, 5.74) is 0.709. The highest BCUT2D eigenvalue weighted by Gasteiger charge is 2.59. The van der Waals surface area contributed by atoms with Crippen LogP contribution in [0.4, 0.5) is 0 Å². The molecule has 0 bridgehead atoms. The average Bonchev–Trinajstić information content (AvgIpc) is 2.90. The lowest BCUT2D eigenvalue weighted by Crippen LogP contribution is -2.54. The summed E-state index contributed by atoms with van der Waals surface area (Å²) >= 11 is 0. The van der Waals surface area contributed by atoms with Gasteiger partial charge >= 0.3 is 0 Å². The molecule has 0 heterocycles. The Morgan fingerprint density at radius 1 is 1.27 bits per heavy atom. The van der Waals surface area contributed by atoms with E-state index >= 15 is 0 Å². The third kappa shape index (κ3) is 5.75. The van der Waals surface area contributed by atoms with E-state index in [1.165, 1.54) is 5.57 Å². The summed E-state index contributed by atoms with van der Waals surface area (Å²) in [6, 6.07) is 7.70. The Morgan fingerprint density at radius 2 is 1.97 bits per heavy atom. The van der Waals surface area contributed by atoms with Crippen LogP contribution in [0.2, 0.25) is 0 Å². The normalized spacial score (nSPS) is 29.2. The lowest BCUT2D eigenvalue weighted by molar-refractivity contribution is -0.166. The van der Waals surface area contributed by atoms with Gasteiger partial charge in [-0.3, -0.25) is 0 Å². The van der Waals surface area contributed by atoms with E-state index in [9.17, 15) is 10.2 Å². The van der Waals surface area contributed by atoms with E-state index in [0.717, 1.165) is 43.4 Å². The third-order valence-electron chi connectivity index (χ3n) is 7.10. The molecule has 0 amide bonds. The van der Waals surface area contributed by atoms with E-state index in [1.54, 1.807) is 7.11 Å². The van der Waals surface area contributed by atoms with Crippen LogP contribution in [0.25, 0.3) is 0 Å². The van der Waals surface area contributed by atoms with Crippen molar-refractivity contribution in [1.82, 2.24) is 0 Å². The fourth-order valence-electron chi connectivity index (χ4n) is 4.54.